The number of carbonyl (C=O) groups is 2. The minimum absolute atomic E-state index is 0.0878. The lowest BCUT2D eigenvalue weighted by Crippen LogP contribution is -2.53. The number of hydrogen-bond donors (Lipinski definition) is 1. The lowest BCUT2D eigenvalue weighted by Gasteiger charge is -2.34. The third-order valence-electron chi connectivity index (χ3n) is 8.06. The Morgan fingerprint density at radius 1 is 0.739 bits per heavy atom. The number of rotatable bonds is 13. The second-order valence-corrected chi connectivity index (χ2v) is 14.3. The maximum atomic E-state index is 14.6. The summed E-state index contributed by atoms with van der Waals surface area (Å²) in [5.74, 6) is -0.545. The van der Waals surface area contributed by atoms with Crippen LogP contribution in [0.1, 0.15) is 47.2 Å². The Hall–Kier alpha value is -4.43. The number of nitrogens with one attached hydrogen (secondary N) is 1. The maximum absolute atomic E-state index is 14.6. The topological polar surface area (TPSA) is 86.8 Å². The summed E-state index contributed by atoms with van der Waals surface area (Å²) in [5, 5.41) is 3.03. The lowest BCUT2D eigenvalue weighted by atomic mass is 10.0. The van der Waals surface area contributed by atoms with Crippen LogP contribution in [0.5, 0.6) is 0 Å². The lowest BCUT2D eigenvalue weighted by molar-refractivity contribution is -0.140. The SMILES string of the molecule is Cc1ccc(S(=O)(=O)N(CC(=O)N(Cc2cccc(C)c2)C(Cc2ccccc2)C(=O)NCC(C)C)c2ccc(C)c(C)c2)cc1. The zero-order valence-electron chi connectivity index (χ0n) is 27.7. The Morgan fingerprint density at radius 2 is 1.41 bits per heavy atom. The first-order valence-electron chi connectivity index (χ1n) is 15.7. The van der Waals surface area contributed by atoms with Crippen molar-refractivity contribution in [2.45, 2.75) is 65.4 Å². The van der Waals surface area contributed by atoms with Crippen LogP contribution in [0, 0.1) is 33.6 Å². The molecule has 4 rings (SSSR count). The van der Waals surface area contributed by atoms with Crippen LogP contribution in [0.2, 0.25) is 0 Å². The van der Waals surface area contributed by atoms with E-state index < -0.39 is 28.5 Å². The number of hydrogen-bond acceptors (Lipinski definition) is 4. The highest BCUT2D eigenvalue weighted by atomic mass is 32.2. The van der Waals surface area contributed by atoms with Crippen LogP contribution in [0.15, 0.2) is 102 Å². The molecule has 0 aliphatic rings. The molecule has 242 valence electrons. The van der Waals surface area contributed by atoms with Gasteiger partial charge in [-0.3, -0.25) is 13.9 Å². The van der Waals surface area contributed by atoms with Gasteiger partial charge in [0.05, 0.1) is 10.6 Å². The molecule has 0 aliphatic heterocycles. The summed E-state index contributed by atoms with van der Waals surface area (Å²) in [5.41, 5.74) is 5.99. The fourth-order valence-corrected chi connectivity index (χ4v) is 6.64. The molecule has 0 radical (unpaired) electrons. The van der Waals surface area contributed by atoms with E-state index in [0.29, 0.717) is 12.2 Å². The first kappa shape index (κ1) is 34.4. The average Bonchev–Trinajstić information content (AvgIpc) is 3.02. The molecule has 0 fully saturated rings. The molecular weight excluding hydrogens is 595 g/mol. The average molecular weight is 640 g/mol. The number of sulfonamides is 1. The summed E-state index contributed by atoms with van der Waals surface area (Å²) in [7, 11) is -4.15. The molecule has 0 aliphatic carbocycles. The van der Waals surface area contributed by atoms with Crippen LogP contribution in [0.4, 0.5) is 5.69 Å². The van der Waals surface area contributed by atoms with E-state index in [1.54, 1.807) is 36.4 Å². The molecule has 0 spiro atoms. The quantitative estimate of drug-likeness (QED) is 0.180. The van der Waals surface area contributed by atoms with Crippen LogP contribution < -0.4 is 9.62 Å². The predicted molar refractivity (Wildman–Crippen MR) is 185 cm³/mol. The van der Waals surface area contributed by atoms with Crippen molar-refractivity contribution < 1.29 is 18.0 Å². The molecule has 0 saturated carbocycles. The van der Waals surface area contributed by atoms with Gasteiger partial charge in [-0.15, -0.1) is 0 Å². The molecule has 2 amide bonds. The minimum Gasteiger partial charge on any atom is -0.354 e. The number of carbonyl (C=O) groups excluding carboxylic acids is 2. The van der Waals surface area contributed by atoms with Crippen LogP contribution in [-0.2, 0) is 32.6 Å². The number of nitrogens with zero attached hydrogens (tertiary/aromatic N) is 2. The fraction of sp³-hybridized carbons (Fsp3) is 0.316. The molecule has 0 bridgehead atoms. The number of benzene rings is 4. The Kier molecular flexibility index (Phi) is 11.4. The second-order valence-electron chi connectivity index (χ2n) is 12.4. The summed E-state index contributed by atoms with van der Waals surface area (Å²) < 4.78 is 29.7. The number of anilines is 1. The maximum Gasteiger partial charge on any atom is 0.264 e. The Bertz CT molecular complexity index is 1750. The van der Waals surface area contributed by atoms with Gasteiger partial charge in [-0.1, -0.05) is 97.8 Å². The van der Waals surface area contributed by atoms with Gasteiger partial charge < -0.3 is 10.2 Å². The molecular formula is C38H45N3O4S. The standard InChI is InChI=1S/C38H45N3O4S/c1-27(2)24-39-38(43)36(23-32-12-8-7-9-13-32)40(25-33-14-10-11-29(4)21-33)37(42)26-41(34-18-17-30(5)31(6)22-34)46(44,45)35-19-15-28(3)16-20-35/h7-22,27,36H,23-26H2,1-6H3,(H,39,43). The number of amides is 2. The van der Waals surface area contributed by atoms with Gasteiger partial charge in [0.2, 0.25) is 11.8 Å². The van der Waals surface area contributed by atoms with Gasteiger partial charge in [0.25, 0.3) is 10.0 Å². The van der Waals surface area contributed by atoms with E-state index in [9.17, 15) is 18.0 Å². The zero-order chi connectivity index (χ0) is 33.4. The van der Waals surface area contributed by atoms with Crippen molar-refractivity contribution in [3.8, 4) is 0 Å². The van der Waals surface area contributed by atoms with E-state index in [1.807, 2.05) is 102 Å². The fourth-order valence-electron chi connectivity index (χ4n) is 5.23. The molecule has 4 aromatic carbocycles. The van der Waals surface area contributed by atoms with Crippen LogP contribution in [-0.4, -0.2) is 44.3 Å². The molecule has 1 unspecified atom stereocenters. The molecule has 46 heavy (non-hydrogen) atoms. The summed E-state index contributed by atoms with van der Waals surface area (Å²) in [4.78, 5) is 30.1. The summed E-state index contributed by atoms with van der Waals surface area (Å²) in [6, 6.07) is 28.5. The van der Waals surface area contributed by atoms with E-state index >= 15 is 0 Å². The predicted octanol–water partition coefficient (Wildman–Crippen LogP) is 6.53. The van der Waals surface area contributed by atoms with Crippen molar-refractivity contribution in [3.63, 3.8) is 0 Å². The van der Waals surface area contributed by atoms with E-state index in [1.165, 1.54) is 9.21 Å². The summed E-state index contributed by atoms with van der Waals surface area (Å²) in [6.07, 6.45) is 0.274. The van der Waals surface area contributed by atoms with Crippen molar-refractivity contribution in [1.29, 1.82) is 0 Å². The van der Waals surface area contributed by atoms with Gasteiger partial charge in [0.1, 0.15) is 12.6 Å². The van der Waals surface area contributed by atoms with Gasteiger partial charge in [0, 0.05) is 19.5 Å². The first-order chi connectivity index (χ1) is 21.8. The van der Waals surface area contributed by atoms with E-state index in [2.05, 4.69) is 5.32 Å². The molecule has 1 N–H and O–H groups in total. The third-order valence-corrected chi connectivity index (χ3v) is 9.85. The summed E-state index contributed by atoms with van der Waals surface area (Å²) in [6.45, 7) is 11.9. The molecule has 8 heteroatoms. The van der Waals surface area contributed by atoms with Gasteiger partial charge in [-0.25, -0.2) is 8.42 Å². The zero-order valence-corrected chi connectivity index (χ0v) is 28.5. The van der Waals surface area contributed by atoms with Gasteiger partial charge in [-0.05, 0) is 80.1 Å². The highest BCUT2D eigenvalue weighted by molar-refractivity contribution is 7.92. The first-order valence-corrected chi connectivity index (χ1v) is 17.1. The molecule has 4 aromatic rings. The van der Waals surface area contributed by atoms with Crippen molar-refractivity contribution >= 4 is 27.5 Å². The second kappa shape index (κ2) is 15.2. The molecule has 0 saturated heterocycles. The van der Waals surface area contributed by atoms with E-state index in [4.69, 9.17) is 0 Å². The number of aryl methyl sites for hydroxylation is 4. The van der Waals surface area contributed by atoms with Crippen molar-refractivity contribution in [2.75, 3.05) is 17.4 Å². The molecule has 7 nitrogen and oxygen atoms in total. The van der Waals surface area contributed by atoms with Crippen molar-refractivity contribution in [1.82, 2.24) is 10.2 Å². The molecule has 0 aromatic heterocycles. The molecule has 0 heterocycles. The highest BCUT2D eigenvalue weighted by Crippen LogP contribution is 2.27. The smallest absolute Gasteiger partial charge is 0.264 e. The van der Waals surface area contributed by atoms with Crippen molar-refractivity contribution in [2.24, 2.45) is 5.92 Å². The normalized spacial score (nSPS) is 12.1. The van der Waals surface area contributed by atoms with Crippen LogP contribution in [0.25, 0.3) is 0 Å². The third kappa shape index (κ3) is 8.85. The summed E-state index contributed by atoms with van der Waals surface area (Å²) >= 11 is 0. The Labute approximate surface area is 274 Å². The van der Waals surface area contributed by atoms with Crippen LogP contribution in [0.3, 0.4) is 0 Å². The Balaban J connectivity index is 1.82. The highest BCUT2D eigenvalue weighted by Gasteiger charge is 2.34. The van der Waals surface area contributed by atoms with Gasteiger partial charge in [0.15, 0.2) is 0 Å². The monoisotopic (exact) mass is 639 g/mol. The van der Waals surface area contributed by atoms with E-state index in [-0.39, 0.29) is 29.7 Å². The van der Waals surface area contributed by atoms with Gasteiger partial charge >= 0.3 is 0 Å². The largest absolute Gasteiger partial charge is 0.354 e. The van der Waals surface area contributed by atoms with Crippen molar-refractivity contribution in [3.05, 3.63) is 130 Å². The minimum atomic E-state index is -4.15. The van der Waals surface area contributed by atoms with Gasteiger partial charge in [-0.2, -0.15) is 0 Å². The Morgan fingerprint density at radius 3 is 2.04 bits per heavy atom. The molecule has 1 atom stereocenters. The van der Waals surface area contributed by atoms with E-state index in [0.717, 1.165) is 33.4 Å². The van der Waals surface area contributed by atoms with Crippen LogP contribution >= 0.6 is 0 Å².